The van der Waals surface area contributed by atoms with Gasteiger partial charge in [0.1, 0.15) is 0 Å². The Hall–Kier alpha value is -1.55. The lowest BCUT2D eigenvalue weighted by Crippen LogP contribution is -2.45. The van der Waals surface area contributed by atoms with E-state index in [2.05, 4.69) is 28.4 Å². The number of nitrogens with two attached hydrogens (primary N) is 1. The van der Waals surface area contributed by atoms with Gasteiger partial charge in [0.05, 0.1) is 6.54 Å². The lowest BCUT2D eigenvalue weighted by molar-refractivity contribution is -0.121. The fourth-order valence-corrected chi connectivity index (χ4v) is 2.57. The standard InChI is InChI=1S/C16H25N3O/c1-11(17)12-5-6-14-13(9-12)7-8-19(14)10-15(20)18-16(2,3)4/h5-6,9,11H,7-8,10,17H2,1-4H3,(H,18,20). The van der Waals surface area contributed by atoms with E-state index in [1.807, 2.05) is 27.7 Å². The van der Waals surface area contributed by atoms with Gasteiger partial charge in [0.15, 0.2) is 0 Å². The first-order valence-corrected chi connectivity index (χ1v) is 7.20. The van der Waals surface area contributed by atoms with E-state index in [-0.39, 0.29) is 17.5 Å². The van der Waals surface area contributed by atoms with Crippen molar-refractivity contribution < 1.29 is 4.79 Å². The lowest BCUT2D eigenvalue weighted by atomic mass is 10.0. The third-order valence-electron chi connectivity index (χ3n) is 3.47. The number of nitrogens with zero attached hydrogens (tertiary/aromatic N) is 1. The van der Waals surface area contributed by atoms with Crippen molar-refractivity contribution >= 4 is 11.6 Å². The van der Waals surface area contributed by atoms with Gasteiger partial charge in [-0.1, -0.05) is 12.1 Å². The summed E-state index contributed by atoms with van der Waals surface area (Å²) in [6, 6.07) is 6.37. The molecule has 2 rings (SSSR count). The van der Waals surface area contributed by atoms with E-state index in [1.54, 1.807) is 0 Å². The number of carbonyl (C=O) groups excluding carboxylic acids is 1. The minimum atomic E-state index is -0.182. The summed E-state index contributed by atoms with van der Waals surface area (Å²) < 4.78 is 0. The van der Waals surface area contributed by atoms with Crippen LogP contribution in [0.4, 0.5) is 5.69 Å². The number of hydrogen-bond acceptors (Lipinski definition) is 3. The van der Waals surface area contributed by atoms with Crippen LogP contribution in [0.1, 0.15) is 44.9 Å². The average Bonchev–Trinajstić information content (AvgIpc) is 2.69. The molecular formula is C16H25N3O. The number of nitrogens with one attached hydrogen (secondary N) is 1. The van der Waals surface area contributed by atoms with E-state index in [4.69, 9.17) is 5.73 Å². The van der Waals surface area contributed by atoms with Crippen LogP contribution < -0.4 is 16.0 Å². The Morgan fingerprint density at radius 3 is 2.75 bits per heavy atom. The maximum absolute atomic E-state index is 12.0. The van der Waals surface area contributed by atoms with Gasteiger partial charge in [0.25, 0.3) is 0 Å². The van der Waals surface area contributed by atoms with E-state index in [0.717, 1.165) is 18.5 Å². The first kappa shape index (κ1) is 14.9. The summed E-state index contributed by atoms with van der Waals surface area (Å²) in [5, 5.41) is 3.01. The molecule has 1 aliphatic rings. The molecule has 0 saturated heterocycles. The summed E-state index contributed by atoms with van der Waals surface area (Å²) in [7, 11) is 0. The maximum Gasteiger partial charge on any atom is 0.239 e. The molecule has 1 atom stereocenters. The molecule has 0 radical (unpaired) electrons. The van der Waals surface area contributed by atoms with Crippen LogP contribution in [-0.2, 0) is 11.2 Å². The summed E-state index contributed by atoms with van der Waals surface area (Å²) in [6.07, 6.45) is 0.985. The van der Waals surface area contributed by atoms with E-state index >= 15 is 0 Å². The topological polar surface area (TPSA) is 58.4 Å². The Morgan fingerprint density at radius 2 is 2.15 bits per heavy atom. The lowest BCUT2D eigenvalue weighted by Gasteiger charge is -2.24. The van der Waals surface area contributed by atoms with Crippen molar-refractivity contribution in [1.29, 1.82) is 0 Å². The van der Waals surface area contributed by atoms with E-state index in [9.17, 15) is 4.79 Å². The second kappa shape index (κ2) is 5.44. The van der Waals surface area contributed by atoms with Crippen LogP contribution in [0.2, 0.25) is 0 Å². The quantitative estimate of drug-likeness (QED) is 0.887. The zero-order chi connectivity index (χ0) is 14.9. The molecule has 110 valence electrons. The minimum absolute atomic E-state index is 0.0542. The SMILES string of the molecule is CC(N)c1ccc2c(c1)CCN2CC(=O)NC(C)(C)C. The number of benzene rings is 1. The third-order valence-corrected chi connectivity index (χ3v) is 3.47. The molecule has 1 aliphatic heterocycles. The van der Waals surface area contributed by atoms with Crippen molar-refractivity contribution in [1.82, 2.24) is 5.32 Å². The highest BCUT2D eigenvalue weighted by atomic mass is 16.2. The minimum Gasteiger partial charge on any atom is -0.362 e. The Kier molecular flexibility index (Phi) is 4.04. The average molecular weight is 275 g/mol. The second-order valence-corrected chi connectivity index (χ2v) is 6.65. The molecule has 1 unspecified atom stereocenters. The summed E-state index contributed by atoms with van der Waals surface area (Å²) in [5.41, 5.74) is 9.35. The maximum atomic E-state index is 12.0. The molecule has 4 nitrogen and oxygen atoms in total. The Morgan fingerprint density at radius 1 is 1.45 bits per heavy atom. The largest absolute Gasteiger partial charge is 0.362 e. The summed E-state index contributed by atoms with van der Waals surface area (Å²) >= 11 is 0. The van der Waals surface area contributed by atoms with Crippen molar-refractivity contribution in [3.8, 4) is 0 Å². The van der Waals surface area contributed by atoms with Crippen molar-refractivity contribution in [3.05, 3.63) is 29.3 Å². The molecular weight excluding hydrogens is 250 g/mol. The van der Waals surface area contributed by atoms with Gasteiger partial charge in [-0.05, 0) is 51.3 Å². The molecule has 20 heavy (non-hydrogen) atoms. The normalized spacial score (nSPS) is 15.9. The van der Waals surface area contributed by atoms with Crippen LogP contribution >= 0.6 is 0 Å². The summed E-state index contributed by atoms with van der Waals surface area (Å²) in [5.74, 6) is 0.0709. The predicted octanol–water partition coefficient (Wildman–Crippen LogP) is 1.98. The Labute approximate surface area is 121 Å². The smallest absolute Gasteiger partial charge is 0.239 e. The summed E-state index contributed by atoms with van der Waals surface area (Å²) in [4.78, 5) is 14.2. The van der Waals surface area contributed by atoms with Gasteiger partial charge in [-0.2, -0.15) is 0 Å². The van der Waals surface area contributed by atoms with Crippen LogP contribution in [0.5, 0.6) is 0 Å². The first-order valence-electron chi connectivity index (χ1n) is 7.20. The molecule has 0 aliphatic carbocycles. The number of amides is 1. The molecule has 4 heteroatoms. The van der Waals surface area contributed by atoms with Crippen molar-refractivity contribution in [2.45, 2.75) is 45.7 Å². The molecule has 1 aromatic carbocycles. The van der Waals surface area contributed by atoms with Gasteiger partial charge in [0.2, 0.25) is 5.91 Å². The van der Waals surface area contributed by atoms with Gasteiger partial charge in [-0.25, -0.2) is 0 Å². The molecule has 0 fully saturated rings. The van der Waals surface area contributed by atoms with Crippen LogP contribution in [-0.4, -0.2) is 24.5 Å². The highest BCUT2D eigenvalue weighted by Crippen LogP contribution is 2.29. The van der Waals surface area contributed by atoms with Gasteiger partial charge < -0.3 is 16.0 Å². The molecule has 0 saturated carbocycles. The second-order valence-electron chi connectivity index (χ2n) is 6.65. The fraction of sp³-hybridized carbons (Fsp3) is 0.562. The van der Waals surface area contributed by atoms with Gasteiger partial charge in [-0.3, -0.25) is 4.79 Å². The van der Waals surface area contributed by atoms with E-state index in [1.165, 1.54) is 11.3 Å². The zero-order valence-electron chi connectivity index (χ0n) is 12.9. The third kappa shape index (κ3) is 3.51. The Bertz CT molecular complexity index is 503. The van der Waals surface area contributed by atoms with E-state index < -0.39 is 0 Å². The van der Waals surface area contributed by atoms with Crippen molar-refractivity contribution in [3.63, 3.8) is 0 Å². The number of hydrogen-bond donors (Lipinski definition) is 2. The van der Waals surface area contributed by atoms with Crippen molar-refractivity contribution in [2.75, 3.05) is 18.0 Å². The Balaban J connectivity index is 2.07. The number of anilines is 1. The molecule has 0 aromatic heterocycles. The van der Waals surface area contributed by atoms with Crippen molar-refractivity contribution in [2.24, 2.45) is 5.73 Å². The number of carbonyl (C=O) groups is 1. The summed E-state index contributed by atoms with van der Waals surface area (Å²) in [6.45, 7) is 9.30. The van der Waals surface area contributed by atoms with Crippen LogP contribution in [0.3, 0.4) is 0 Å². The van der Waals surface area contributed by atoms with Crippen LogP contribution in [0, 0.1) is 0 Å². The molecule has 1 aromatic rings. The molecule has 0 bridgehead atoms. The fourth-order valence-electron chi connectivity index (χ4n) is 2.57. The van der Waals surface area contributed by atoms with Crippen LogP contribution in [0.15, 0.2) is 18.2 Å². The number of rotatable bonds is 3. The molecule has 1 heterocycles. The zero-order valence-corrected chi connectivity index (χ0v) is 12.9. The molecule has 3 N–H and O–H groups in total. The molecule has 1 amide bonds. The number of fused-ring (bicyclic) bond motifs is 1. The predicted molar refractivity (Wildman–Crippen MR) is 82.9 cm³/mol. The van der Waals surface area contributed by atoms with Gasteiger partial charge >= 0.3 is 0 Å². The van der Waals surface area contributed by atoms with Gasteiger partial charge in [0, 0.05) is 23.8 Å². The monoisotopic (exact) mass is 275 g/mol. The first-order chi connectivity index (χ1) is 9.26. The highest BCUT2D eigenvalue weighted by Gasteiger charge is 2.23. The van der Waals surface area contributed by atoms with Crippen LogP contribution in [0.25, 0.3) is 0 Å². The highest BCUT2D eigenvalue weighted by molar-refractivity contribution is 5.82. The molecule has 0 spiro atoms. The van der Waals surface area contributed by atoms with Gasteiger partial charge in [-0.15, -0.1) is 0 Å². The van der Waals surface area contributed by atoms with E-state index in [0.29, 0.717) is 6.54 Å².